The van der Waals surface area contributed by atoms with Crippen molar-refractivity contribution in [1.82, 2.24) is 15.5 Å². The molecule has 2 atom stereocenters. The summed E-state index contributed by atoms with van der Waals surface area (Å²) in [5.74, 6) is 0.576. The van der Waals surface area contributed by atoms with E-state index in [0.29, 0.717) is 12.6 Å². The van der Waals surface area contributed by atoms with Gasteiger partial charge in [-0.1, -0.05) is 12.1 Å². The summed E-state index contributed by atoms with van der Waals surface area (Å²) in [4.78, 5) is 6.71. The molecule has 2 aliphatic heterocycles. The number of rotatable bonds is 7. The molecule has 0 saturated carbocycles. The molecule has 2 fully saturated rings. The Bertz CT molecular complexity index is 590. The van der Waals surface area contributed by atoms with Crippen molar-refractivity contribution in [2.45, 2.75) is 31.4 Å². The molecule has 1 aromatic rings. The van der Waals surface area contributed by atoms with Crippen molar-refractivity contribution in [2.75, 3.05) is 53.0 Å². The van der Waals surface area contributed by atoms with E-state index in [1.807, 2.05) is 12.1 Å². The van der Waals surface area contributed by atoms with Crippen molar-refractivity contribution in [1.29, 1.82) is 0 Å². The fourth-order valence-corrected chi connectivity index (χ4v) is 3.67. The third-order valence-electron chi connectivity index (χ3n) is 5.21. The highest BCUT2D eigenvalue weighted by molar-refractivity contribution is 14.0. The predicted octanol–water partition coefficient (Wildman–Crippen LogP) is 2.55. The maximum Gasteiger partial charge on any atom is 0.191 e. The first-order chi connectivity index (χ1) is 13.3. The zero-order valence-electron chi connectivity index (χ0n) is 16.5. The molecule has 0 spiro atoms. The van der Waals surface area contributed by atoms with Crippen LogP contribution < -0.4 is 10.6 Å². The first-order valence-corrected chi connectivity index (χ1v) is 9.89. The summed E-state index contributed by atoms with van der Waals surface area (Å²) >= 11 is 0. The van der Waals surface area contributed by atoms with Gasteiger partial charge >= 0.3 is 0 Å². The Morgan fingerprint density at radius 1 is 1.21 bits per heavy atom. The molecular formula is C20H32FIN4O2. The van der Waals surface area contributed by atoms with Crippen LogP contribution in [0.5, 0.6) is 0 Å². The molecule has 2 saturated heterocycles. The molecule has 2 aliphatic rings. The standard InChI is InChI=1S/C20H31FN4O2.HI/c1-22-20(23-9-8-18-3-2-12-27-18)24-15-19(25-10-13-26-14-11-25)16-4-6-17(21)7-5-16;/h4-7,18-19H,2-3,8-15H2,1H3,(H2,22,23,24);1H. The van der Waals surface area contributed by atoms with Gasteiger partial charge < -0.3 is 20.1 Å². The van der Waals surface area contributed by atoms with Crippen LogP contribution in [-0.2, 0) is 9.47 Å². The lowest BCUT2D eigenvalue weighted by molar-refractivity contribution is 0.0170. The molecule has 0 aliphatic carbocycles. The fourth-order valence-electron chi connectivity index (χ4n) is 3.67. The van der Waals surface area contributed by atoms with E-state index in [2.05, 4.69) is 20.5 Å². The van der Waals surface area contributed by atoms with Crippen molar-refractivity contribution in [2.24, 2.45) is 4.99 Å². The largest absolute Gasteiger partial charge is 0.379 e. The average molecular weight is 506 g/mol. The molecule has 2 heterocycles. The second-order valence-electron chi connectivity index (χ2n) is 7.02. The van der Waals surface area contributed by atoms with E-state index < -0.39 is 0 Å². The average Bonchev–Trinajstić information content (AvgIpc) is 3.22. The molecule has 8 heteroatoms. The summed E-state index contributed by atoms with van der Waals surface area (Å²) in [6.07, 6.45) is 3.68. The van der Waals surface area contributed by atoms with Gasteiger partial charge in [0.1, 0.15) is 5.82 Å². The molecule has 0 radical (unpaired) electrons. The Labute approximate surface area is 184 Å². The summed E-state index contributed by atoms with van der Waals surface area (Å²) in [5, 5.41) is 6.80. The minimum Gasteiger partial charge on any atom is -0.379 e. The summed E-state index contributed by atoms with van der Waals surface area (Å²) in [7, 11) is 1.78. The van der Waals surface area contributed by atoms with Gasteiger partial charge in [-0.05, 0) is 37.0 Å². The molecule has 3 rings (SSSR count). The lowest BCUT2D eigenvalue weighted by Gasteiger charge is -2.35. The summed E-state index contributed by atoms with van der Waals surface area (Å²) in [6, 6.07) is 6.93. The van der Waals surface area contributed by atoms with Crippen LogP contribution in [0.1, 0.15) is 30.9 Å². The zero-order valence-corrected chi connectivity index (χ0v) is 18.9. The summed E-state index contributed by atoms with van der Waals surface area (Å²) in [6.45, 7) is 5.62. The monoisotopic (exact) mass is 506 g/mol. The maximum absolute atomic E-state index is 13.3. The van der Waals surface area contributed by atoms with E-state index in [4.69, 9.17) is 9.47 Å². The van der Waals surface area contributed by atoms with Crippen LogP contribution in [-0.4, -0.2) is 70.0 Å². The van der Waals surface area contributed by atoms with Crippen molar-refractivity contribution in [3.05, 3.63) is 35.6 Å². The number of hydrogen-bond donors (Lipinski definition) is 2. The van der Waals surface area contributed by atoms with Crippen LogP contribution >= 0.6 is 24.0 Å². The lowest BCUT2D eigenvalue weighted by Crippen LogP contribution is -2.46. The topological polar surface area (TPSA) is 58.1 Å². The van der Waals surface area contributed by atoms with Crippen LogP contribution in [0.25, 0.3) is 0 Å². The Morgan fingerprint density at radius 2 is 1.96 bits per heavy atom. The minimum absolute atomic E-state index is 0. The van der Waals surface area contributed by atoms with E-state index in [0.717, 1.165) is 70.2 Å². The quantitative estimate of drug-likeness (QED) is 0.338. The number of benzene rings is 1. The number of hydrogen-bond acceptors (Lipinski definition) is 4. The molecule has 0 bridgehead atoms. The van der Waals surface area contributed by atoms with Gasteiger partial charge in [-0.25, -0.2) is 4.39 Å². The van der Waals surface area contributed by atoms with Gasteiger partial charge in [0.25, 0.3) is 0 Å². The van der Waals surface area contributed by atoms with Gasteiger partial charge in [-0.3, -0.25) is 9.89 Å². The number of guanidine groups is 1. The van der Waals surface area contributed by atoms with Gasteiger partial charge in [0.2, 0.25) is 0 Å². The van der Waals surface area contributed by atoms with Crippen LogP contribution in [0.3, 0.4) is 0 Å². The number of ether oxygens (including phenoxy) is 2. The zero-order chi connectivity index (χ0) is 18.9. The van der Waals surface area contributed by atoms with Gasteiger partial charge in [-0.15, -0.1) is 24.0 Å². The van der Waals surface area contributed by atoms with Crippen LogP contribution in [0.15, 0.2) is 29.3 Å². The number of nitrogens with one attached hydrogen (secondary N) is 2. The lowest BCUT2D eigenvalue weighted by atomic mass is 10.0. The molecule has 0 amide bonds. The fraction of sp³-hybridized carbons (Fsp3) is 0.650. The van der Waals surface area contributed by atoms with Gasteiger partial charge in [0.05, 0.1) is 25.4 Å². The Kier molecular flexibility index (Phi) is 10.5. The van der Waals surface area contributed by atoms with Gasteiger partial charge in [-0.2, -0.15) is 0 Å². The number of halogens is 2. The second kappa shape index (κ2) is 12.6. The van der Waals surface area contributed by atoms with E-state index in [9.17, 15) is 4.39 Å². The molecular weight excluding hydrogens is 474 g/mol. The van der Waals surface area contributed by atoms with E-state index >= 15 is 0 Å². The van der Waals surface area contributed by atoms with E-state index in [1.54, 1.807) is 7.05 Å². The highest BCUT2D eigenvalue weighted by Crippen LogP contribution is 2.21. The van der Waals surface area contributed by atoms with Crippen LogP contribution in [0.4, 0.5) is 4.39 Å². The molecule has 1 aromatic carbocycles. The highest BCUT2D eigenvalue weighted by atomic mass is 127. The SMILES string of the molecule is CN=C(NCCC1CCCO1)NCC(c1ccc(F)cc1)N1CCOCC1.I. The smallest absolute Gasteiger partial charge is 0.191 e. The molecule has 28 heavy (non-hydrogen) atoms. The van der Waals surface area contributed by atoms with Crippen molar-refractivity contribution >= 4 is 29.9 Å². The molecule has 0 aromatic heterocycles. The second-order valence-corrected chi connectivity index (χ2v) is 7.02. The van der Waals surface area contributed by atoms with Crippen molar-refractivity contribution in [3.8, 4) is 0 Å². The molecule has 2 N–H and O–H groups in total. The maximum atomic E-state index is 13.3. The molecule has 6 nitrogen and oxygen atoms in total. The Morgan fingerprint density at radius 3 is 2.61 bits per heavy atom. The Balaban J connectivity index is 0.00000280. The third kappa shape index (κ3) is 7.13. The van der Waals surface area contributed by atoms with E-state index in [-0.39, 0.29) is 35.8 Å². The minimum atomic E-state index is -0.209. The number of morpholine rings is 1. The molecule has 158 valence electrons. The Hall–Kier alpha value is -0.970. The highest BCUT2D eigenvalue weighted by Gasteiger charge is 2.23. The first-order valence-electron chi connectivity index (χ1n) is 9.89. The van der Waals surface area contributed by atoms with Gasteiger partial charge in [0, 0.05) is 39.8 Å². The number of aliphatic imine (C=N–C) groups is 1. The first kappa shape index (κ1) is 23.3. The summed E-state index contributed by atoms with van der Waals surface area (Å²) in [5.41, 5.74) is 1.10. The van der Waals surface area contributed by atoms with Crippen molar-refractivity contribution in [3.63, 3.8) is 0 Å². The third-order valence-corrected chi connectivity index (χ3v) is 5.21. The number of nitrogens with zero attached hydrogens (tertiary/aromatic N) is 2. The van der Waals surface area contributed by atoms with Crippen LogP contribution in [0.2, 0.25) is 0 Å². The summed E-state index contributed by atoms with van der Waals surface area (Å²) < 4.78 is 24.5. The van der Waals surface area contributed by atoms with Crippen LogP contribution in [0, 0.1) is 5.82 Å². The van der Waals surface area contributed by atoms with Crippen molar-refractivity contribution < 1.29 is 13.9 Å². The predicted molar refractivity (Wildman–Crippen MR) is 120 cm³/mol. The van der Waals surface area contributed by atoms with Gasteiger partial charge in [0.15, 0.2) is 5.96 Å². The normalized spacial score (nSPS) is 21.8. The molecule has 2 unspecified atom stereocenters. The van der Waals surface area contributed by atoms with E-state index in [1.165, 1.54) is 12.1 Å².